The van der Waals surface area contributed by atoms with Gasteiger partial charge in [0.2, 0.25) is 5.88 Å². The van der Waals surface area contributed by atoms with Crippen molar-refractivity contribution in [1.29, 1.82) is 0 Å². The molecular formula is C13H10BrF3N2O3. The fourth-order valence-electron chi connectivity index (χ4n) is 1.87. The highest BCUT2D eigenvalue weighted by Gasteiger charge is 2.34. The number of hydrogen-bond acceptors (Lipinski definition) is 4. The number of nitrogens with zero attached hydrogens (tertiary/aromatic N) is 1. The number of nitrogens with one attached hydrogen (secondary N) is 1. The van der Waals surface area contributed by atoms with Crippen molar-refractivity contribution in [1.82, 2.24) is 9.97 Å². The number of aryl methyl sites for hydroxylation is 1. The number of ether oxygens (including phenoxy) is 2. The molecule has 0 aliphatic rings. The number of aromatic nitrogens is 2. The molecule has 0 aromatic carbocycles. The summed E-state index contributed by atoms with van der Waals surface area (Å²) in [5.41, 5.74) is 0.745. The van der Waals surface area contributed by atoms with Gasteiger partial charge in [0, 0.05) is 11.9 Å². The van der Waals surface area contributed by atoms with E-state index in [1.165, 1.54) is 19.2 Å². The van der Waals surface area contributed by atoms with Gasteiger partial charge in [-0.1, -0.05) is 0 Å². The van der Waals surface area contributed by atoms with Crippen LogP contribution < -0.4 is 4.74 Å². The lowest BCUT2D eigenvalue weighted by Crippen LogP contribution is -2.18. The SMILES string of the molecule is COC(=O)c1c(-c2cccnc2OC(F)(F)F)[nH]c(C)c1Br. The van der Waals surface area contributed by atoms with E-state index in [1.807, 2.05) is 0 Å². The number of carbonyl (C=O) groups excluding carboxylic acids is 1. The number of pyridine rings is 1. The minimum Gasteiger partial charge on any atom is -0.465 e. The van der Waals surface area contributed by atoms with E-state index >= 15 is 0 Å². The van der Waals surface area contributed by atoms with Crippen LogP contribution in [0.25, 0.3) is 11.3 Å². The van der Waals surface area contributed by atoms with Crippen LogP contribution in [0.4, 0.5) is 13.2 Å². The van der Waals surface area contributed by atoms with Crippen molar-refractivity contribution < 1.29 is 27.4 Å². The third-order valence-electron chi connectivity index (χ3n) is 2.75. The maximum Gasteiger partial charge on any atom is 0.574 e. The predicted molar refractivity (Wildman–Crippen MR) is 74.5 cm³/mol. The molecule has 0 atom stereocenters. The summed E-state index contributed by atoms with van der Waals surface area (Å²) >= 11 is 3.21. The summed E-state index contributed by atoms with van der Waals surface area (Å²) in [6, 6.07) is 2.79. The van der Waals surface area contributed by atoms with Crippen LogP contribution in [-0.2, 0) is 4.74 Å². The fourth-order valence-corrected chi connectivity index (χ4v) is 2.33. The lowest BCUT2D eigenvalue weighted by atomic mass is 10.1. The number of rotatable bonds is 3. The van der Waals surface area contributed by atoms with Gasteiger partial charge < -0.3 is 14.5 Å². The van der Waals surface area contributed by atoms with Crippen LogP contribution in [0, 0.1) is 6.92 Å². The zero-order valence-corrected chi connectivity index (χ0v) is 13.0. The summed E-state index contributed by atoms with van der Waals surface area (Å²) in [5.74, 6) is -1.36. The predicted octanol–water partition coefficient (Wildman–Crippen LogP) is 3.83. The molecule has 1 N–H and O–H groups in total. The first-order valence-corrected chi connectivity index (χ1v) is 6.71. The van der Waals surface area contributed by atoms with Crippen molar-refractivity contribution in [2.45, 2.75) is 13.3 Å². The molecule has 22 heavy (non-hydrogen) atoms. The zero-order valence-electron chi connectivity index (χ0n) is 11.4. The Kier molecular flexibility index (Phi) is 4.45. The summed E-state index contributed by atoms with van der Waals surface area (Å²) in [5, 5.41) is 0. The lowest BCUT2D eigenvalue weighted by Gasteiger charge is -2.12. The maximum atomic E-state index is 12.5. The molecule has 118 valence electrons. The van der Waals surface area contributed by atoms with Crippen LogP contribution in [0.15, 0.2) is 22.8 Å². The molecule has 0 amide bonds. The number of aromatic amines is 1. The summed E-state index contributed by atoms with van der Waals surface area (Å²) in [6.45, 7) is 1.65. The number of esters is 1. The molecule has 0 fully saturated rings. The first kappa shape index (κ1) is 16.3. The van der Waals surface area contributed by atoms with E-state index in [0.717, 1.165) is 6.20 Å². The van der Waals surface area contributed by atoms with Gasteiger partial charge in [0.05, 0.1) is 28.4 Å². The first-order chi connectivity index (χ1) is 10.2. The van der Waals surface area contributed by atoms with Crippen LogP contribution >= 0.6 is 15.9 Å². The molecule has 2 rings (SSSR count). The number of alkyl halides is 3. The number of H-pyrrole nitrogens is 1. The van der Waals surface area contributed by atoms with Crippen molar-refractivity contribution in [3.63, 3.8) is 0 Å². The average Bonchev–Trinajstić information content (AvgIpc) is 2.73. The van der Waals surface area contributed by atoms with Gasteiger partial charge in [0.25, 0.3) is 0 Å². The Labute approximate surface area is 131 Å². The Morgan fingerprint density at radius 1 is 1.41 bits per heavy atom. The van der Waals surface area contributed by atoms with Crippen LogP contribution in [-0.4, -0.2) is 29.4 Å². The Hall–Kier alpha value is -2.03. The number of methoxy groups -OCH3 is 1. The van der Waals surface area contributed by atoms with Crippen LogP contribution in [0.5, 0.6) is 5.88 Å². The minimum absolute atomic E-state index is 0.00553. The second kappa shape index (κ2) is 5.99. The van der Waals surface area contributed by atoms with E-state index in [9.17, 15) is 18.0 Å². The molecule has 0 saturated heterocycles. The van der Waals surface area contributed by atoms with Crippen LogP contribution in [0.3, 0.4) is 0 Å². The molecule has 0 saturated carbocycles. The average molecular weight is 379 g/mol. The molecule has 0 spiro atoms. The lowest BCUT2D eigenvalue weighted by molar-refractivity contribution is -0.275. The molecule has 2 heterocycles. The highest BCUT2D eigenvalue weighted by molar-refractivity contribution is 9.10. The summed E-state index contributed by atoms with van der Waals surface area (Å²) in [4.78, 5) is 18.3. The van der Waals surface area contributed by atoms with Gasteiger partial charge in [-0.05, 0) is 35.0 Å². The van der Waals surface area contributed by atoms with Gasteiger partial charge in [-0.15, -0.1) is 13.2 Å². The van der Waals surface area contributed by atoms with Gasteiger partial charge >= 0.3 is 12.3 Å². The van der Waals surface area contributed by atoms with Gasteiger partial charge in [-0.2, -0.15) is 0 Å². The van der Waals surface area contributed by atoms with E-state index < -0.39 is 18.2 Å². The molecule has 2 aromatic rings. The largest absolute Gasteiger partial charge is 0.574 e. The van der Waals surface area contributed by atoms with Crippen LogP contribution in [0.1, 0.15) is 16.1 Å². The monoisotopic (exact) mass is 378 g/mol. The van der Waals surface area contributed by atoms with E-state index in [0.29, 0.717) is 10.2 Å². The second-order valence-electron chi connectivity index (χ2n) is 4.21. The molecular weight excluding hydrogens is 369 g/mol. The molecule has 0 unspecified atom stereocenters. The Bertz CT molecular complexity index is 713. The number of halogens is 4. The van der Waals surface area contributed by atoms with Crippen molar-refractivity contribution in [2.24, 2.45) is 0 Å². The number of carbonyl (C=O) groups is 1. The smallest absolute Gasteiger partial charge is 0.465 e. The van der Waals surface area contributed by atoms with Crippen LogP contribution in [0.2, 0.25) is 0 Å². The quantitative estimate of drug-likeness (QED) is 0.824. The highest BCUT2D eigenvalue weighted by atomic mass is 79.9. The molecule has 0 aliphatic heterocycles. The van der Waals surface area contributed by atoms with Crippen molar-refractivity contribution in [3.05, 3.63) is 34.1 Å². The first-order valence-electron chi connectivity index (χ1n) is 5.92. The molecule has 0 aliphatic carbocycles. The third kappa shape index (κ3) is 3.24. The van der Waals surface area contributed by atoms with E-state index in [1.54, 1.807) is 6.92 Å². The molecule has 0 bridgehead atoms. The summed E-state index contributed by atoms with van der Waals surface area (Å²) in [6.07, 6.45) is -3.74. The van der Waals surface area contributed by atoms with Crippen molar-refractivity contribution in [2.75, 3.05) is 7.11 Å². The number of hydrogen-bond donors (Lipinski definition) is 1. The topological polar surface area (TPSA) is 64.2 Å². The van der Waals surface area contributed by atoms with Gasteiger partial charge in [-0.25, -0.2) is 9.78 Å². The maximum absolute atomic E-state index is 12.5. The highest BCUT2D eigenvalue weighted by Crippen LogP contribution is 2.37. The normalized spacial score (nSPS) is 11.4. The Morgan fingerprint density at radius 2 is 2.09 bits per heavy atom. The van der Waals surface area contributed by atoms with E-state index in [2.05, 4.69) is 35.4 Å². The molecule has 0 radical (unpaired) electrons. The van der Waals surface area contributed by atoms with E-state index in [4.69, 9.17) is 0 Å². The summed E-state index contributed by atoms with van der Waals surface area (Å²) < 4.78 is 46.4. The third-order valence-corrected chi connectivity index (χ3v) is 3.74. The second-order valence-corrected chi connectivity index (χ2v) is 5.00. The standard InChI is InChI=1S/C13H10BrF3N2O3/c1-6-9(14)8(12(20)21-2)10(19-6)7-4-3-5-18-11(7)22-13(15,16)17/h3-5,19H,1-2H3. The van der Waals surface area contributed by atoms with Crippen molar-refractivity contribution in [3.8, 4) is 17.1 Å². The van der Waals surface area contributed by atoms with Gasteiger partial charge in [-0.3, -0.25) is 0 Å². The van der Waals surface area contributed by atoms with Gasteiger partial charge in [0.15, 0.2) is 0 Å². The Morgan fingerprint density at radius 3 is 2.68 bits per heavy atom. The van der Waals surface area contributed by atoms with Crippen molar-refractivity contribution >= 4 is 21.9 Å². The summed E-state index contributed by atoms with van der Waals surface area (Å²) in [7, 11) is 1.18. The van der Waals surface area contributed by atoms with Gasteiger partial charge in [0.1, 0.15) is 0 Å². The molecule has 5 nitrogen and oxygen atoms in total. The fraction of sp³-hybridized carbons (Fsp3) is 0.231. The Balaban J connectivity index is 2.63. The zero-order chi connectivity index (χ0) is 16.5. The molecule has 2 aromatic heterocycles. The minimum atomic E-state index is -4.90. The molecule has 9 heteroatoms. The van der Waals surface area contributed by atoms with E-state index in [-0.39, 0.29) is 16.8 Å².